The lowest BCUT2D eigenvalue weighted by molar-refractivity contribution is -0.122. The number of nitrogens with zero attached hydrogens (tertiary/aromatic N) is 4. The highest BCUT2D eigenvalue weighted by Gasteiger charge is 2.34. The zero-order chi connectivity index (χ0) is 21.1. The van der Waals surface area contributed by atoms with Gasteiger partial charge in [-0.25, -0.2) is 0 Å². The minimum Gasteiger partial charge on any atom is -0.493 e. The molecule has 10 heteroatoms. The van der Waals surface area contributed by atoms with E-state index in [9.17, 15) is 9.59 Å². The van der Waals surface area contributed by atoms with Gasteiger partial charge in [-0.15, -0.1) is 10.2 Å². The number of hydrogen-bond acceptors (Lipinski definition) is 8. The number of anilines is 2. The maximum absolute atomic E-state index is 12.9. The summed E-state index contributed by atoms with van der Waals surface area (Å²) in [6.45, 7) is 1.83. The van der Waals surface area contributed by atoms with Crippen LogP contribution in [0.15, 0.2) is 18.2 Å². The number of benzene rings is 1. The Bertz CT molecular complexity index is 934. The molecule has 2 saturated heterocycles. The zero-order valence-corrected chi connectivity index (χ0v) is 17.9. The number of hydrogen-bond donors (Lipinski definition) is 1. The minimum absolute atomic E-state index is 0.0451. The van der Waals surface area contributed by atoms with Gasteiger partial charge in [0.1, 0.15) is 6.04 Å². The summed E-state index contributed by atoms with van der Waals surface area (Å²) in [5.74, 6) is 1.32. The average Bonchev–Trinajstić information content (AvgIpc) is 3.51. The number of methoxy groups -OCH3 is 2. The van der Waals surface area contributed by atoms with Crippen LogP contribution in [0.5, 0.6) is 11.5 Å². The highest BCUT2D eigenvalue weighted by molar-refractivity contribution is 7.19. The molecule has 1 atom stereocenters. The van der Waals surface area contributed by atoms with Gasteiger partial charge in [0, 0.05) is 26.1 Å². The summed E-state index contributed by atoms with van der Waals surface area (Å²) in [6, 6.07) is 5.29. The first kappa shape index (κ1) is 20.4. The van der Waals surface area contributed by atoms with E-state index in [1.807, 2.05) is 23.1 Å². The highest BCUT2D eigenvalue weighted by atomic mass is 32.1. The molecular formula is C20H25N5O4S. The van der Waals surface area contributed by atoms with Crippen LogP contribution in [0.3, 0.4) is 0 Å². The van der Waals surface area contributed by atoms with Crippen molar-refractivity contribution in [3.05, 3.63) is 23.8 Å². The van der Waals surface area contributed by atoms with Gasteiger partial charge in [-0.1, -0.05) is 17.4 Å². The van der Waals surface area contributed by atoms with Crippen LogP contribution in [0.25, 0.3) is 0 Å². The predicted octanol–water partition coefficient (Wildman–Crippen LogP) is 1.97. The highest BCUT2D eigenvalue weighted by Crippen LogP contribution is 2.34. The third-order valence-corrected chi connectivity index (χ3v) is 6.41. The molecule has 0 aliphatic carbocycles. The number of carbonyl (C=O) groups is 2. The Balaban J connectivity index is 1.40. The van der Waals surface area contributed by atoms with E-state index < -0.39 is 0 Å². The first-order valence-corrected chi connectivity index (χ1v) is 10.8. The molecule has 9 nitrogen and oxygen atoms in total. The summed E-state index contributed by atoms with van der Waals surface area (Å²) >= 11 is 1.37. The van der Waals surface area contributed by atoms with Crippen molar-refractivity contribution in [3.63, 3.8) is 0 Å². The Morgan fingerprint density at radius 2 is 1.97 bits per heavy atom. The molecular weight excluding hydrogens is 406 g/mol. The Kier molecular flexibility index (Phi) is 6.03. The third-order valence-electron chi connectivity index (χ3n) is 5.42. The second-order valence-electron chi connectivity index (χ2n) is 7.27. The Labute approximate surface area is 179 Å². The summed E-state index contributed by atoms with van der Waals surface area (Å²) in [4.78, 5) is 28.5. The van der Waals surface area contributed by atoms with Gasteiger partial charge in [-0.3, -0.25) is 14.5 Å². The lowest BCUT2D eigenvalue weighted by Crippen LogP contribution is -2.43. The van der Waals surface area contributed by atoms with E-state index in [0.717, 1.165) is 31.4 Å². The number of ether oxygens (including phenoxy) is 2. The number of carbonyl (C=O) groups excluding carboxylic acids is 2. The van der Waals surface area contributed by atoms with Gasteiger partial charge in [0.25, 0.3) is 0 Å². The smallest absolute Gasteiger partial charge is 0.243 e. The maximum Gasteiger partial charge on any atom is 0.243 e. The van der Waals surface area contributed by atoms with Crippen molar-refractivity contribution in [3.8, 4) is 11.5 Å². The summed E-state index contributed by atoms with van der Waals surface area (Å²) < 4.78 is 10.6. The van der Waals surface area contributed by atoms with Gasteiger partial charge in [0.2, 0.25) is 22.1 Å². The normalized spacial score (nSPS) is 18.7. The van der Waals surface area contributed by atoms with Crippen molar-refractivity contribution < 1.29 is 19.1 Å². The van der Waals surface area contributed by atoms with E-state index in [1.165, 1.54) is 11.3 Å². The largest absolute Gasteiger partial charge is 0.493 e. The number of rotatable bonds is 7. The molecule has 0 unspecified atom stereocenters. The van der Waals surface area contributed by atoms with Gasteiger partial charge in [-0.05, 0) is 37.0 Å². The summed E-state index contributed by atoms with van der Waals surface area (Å²) in [5.41, 5.74) is 0.927. The van der Waals surface area contributed by atoms with Gasteiger partial charge in [0.15, 0.2) is 11.5 Å². The molecule has 2 aliphatic rings. The fourth-order valence-corrected chi connectivity index (χ4v) is 4.82. The molecule has 1 N–H and O–H groups in total. The lowest BCUT2D eigenvalue weighted by Gasteiger charge is -2.22. The fraction of sp³-hybridized carbons (Fsp3) is 0.500. The fourth-order valence-electron chi connectivity index (χ4n) is 3.85. The van der Waals surface area contributed by atoms with Crippen LogP contribution in [0.1, 0.15) is 31.2 Å². The minimum atomic E-state index is -0.291. The van der Waals surface area contributed by atoms with E-state index in [0.29, 0.717) is 41.3 Å². The standard InChI is InChI=1S/C20H25N5O4S/c1-28-15-8-7-13(11-16(15)29-2)12-21-18(27)14-5-3-9-24(14)19-22-23-20(30-19)25-10-4-6-17(25)26/h7-8,11,14H,3-6,9-10,12H2,1-2H3,(H,21,27)/t14-/m1/s1. The molecule has 4 rings (SSSR count). The van der Waals surface area contributed by atoms with Crippen molar-refractivity contribution in [2.45, 2.75) is 38.3 Å². The molecule has 0 spiro atoms. The molecule has 2 aliphatic heterocycles. The van der Waals surface area contributed by atoms with E-state index in [1.54, 1.807) is 19.1 Å². The van der Waals surface area contributed by atoms with Gasteiger partial charge in [-0.2, -0.15) is 0 Å². The van der Waals surface area contributed by atoms with E-state index >= 15 is 0 Å². The molecule has 0 saturated carbocycles. The molecule has 30 heavy (non-hydrogen) atoms. The molecule has 2 fully saturated rings. The van der Waals surface area contributed by atoms with Crippen LogP contribution in [0.4, 0.5) is 10.3 Å². The van der Waals surface area contributed by atoms with Crippen molar-refractivity contribution in [1.82, 2.24) is 15.5 Å². The zero-order valence-electron chi connectivity index (χ0n) is 17.1. The second-order valence-corrected chi connectivity index (χ2v) is 8.21. The van der Waals surface area contributed by atoms with Crippen molar-refractivity contribution in [2.75, 3.05) is 37.1 Å². The van der Waals surface area contributed by atoms with Crippen molar-refractivity contribution in [1.29, 1.82) is 0 Å². The molecule has 2 aromatic rings. The van der Waals surface area contributed by atoms with Crippen LogP contribution in [0.2, 0.25) is 0 Å². The summed E-state index contributed by atoms with van der Waals surface area (Å²) in [6.07, 6.45) is 3.07. The number of aromatic nitrogens is 2. The Morgan fingerprint density at radius 1 is 1.17 bits per heavy atom. The first-order chi connectivity index (χ1) is 14.6. The van der Waals surface area contributed by atoms with Gasteiger partial charge in [0.05, 0.1) is 14.2 Å². The molecule has 160 valence electrons. The summed E-state index contributed by atoms with van der Waals surface area (Å²) in [7, 11) is 3.18. The number of amides is 2. The first-order valence-electron chi connectivity index (χ1n) is 10.00. The third kappa shape index (κ3) is 4.04. The molecule has 2 amide bonds. The van der Waals surface area contributed by atoms with E-state index in [2.05, 4.69) is 15.5 Å². The molecule has 1 aromatic heterocycles. The average molecular weight is 432 g/mol. The predicted molar refractivity (Wildman–Crippen MR) is 113 cm³/mol. The lowest BCUT2D eigenvalue weighted by atomic mass is 10.1. The van der Waals surface area contributed by atoms with Crippen molar-refractivity contribution >= 4 is 33.4 Å². The van der Waals surface area contributed by atoms with Crippen molar-refractivity contribution in [2.24, 2.45) is 0 Å². The van der Waals surface area contributed by atoms with Crippen LogP contribution in [0, 0.1) is 0 Å². The number of nitrogens with one attached hydrogen (secondary N) is 1. The summed E-state index contributed by atoms with van der Waals surface area (Å²) in [5, 5.41) is 12.8. The molecule has 1 aromatic carbocycles. The van der Waals surface area contributed by atoms with Gasteiger partial charge < -0.3 is 19.7 Å². The van der Waals surface area contributed by atoms with E-state index in [-0.39, 0.29) is 17.9 Å². The molecule has 3 heterocycles. The Morgan fingerprint density at radius 3 is 2.70 bits per heavy atom. The SMILES string of the molecule is COc1ccc(CNC(=O)[C@H]2CCCN2c2nnc(N3CCCC3=O)s2)cc1OC. The Hall–Kier alpha value is -2.88. The quantitative estimate of drug-likeness (QED) is 0.716. The van der Waals surface area contributed by atoms with Crippen LogP contribution in [-0.4, -0.2) is 55.4 Å². The maximum atomic E-state index is 12.9. The topological polar surface area (TPSA) is 96.9 Å². The monoisotopic (exact) mass is 431 g/mol. The van der Waals surface area contributed by atoms with Gasteiger partial charge >= 0.3 is 0 Å². The van der Waals surface area contributed by atoms with E-state index in [4.69, 9.17) is 9.47 Å². The molecule has 0 radical (unpaired) electrons. The second kappa shape index (κ2) is 8.86. The van der Waals surface area contributed by atoms with Crippen LogP contribution >= 0.6 is 11.3 Å². The van der Waals surface area contributed by atoms with Crippen LogP contribution < -0.4 is 24.6 Å². The van der Waals surface area contributed by atoms with Crippen LogP contribution in [-0.2, 0) is 16.1 Å². The molecule has 0 bridgehead atoms.